The van der Waals surface area contributed by atoms with Crippen molar-refractivity contribution in [2.45, 2.75) is 64.1 Å². The third-order valence-corrected chi connectivity index (χ3v) is 8.26. The van der Waals surface area contributed by atoms with Gasteiger partial charge in [0.1, 0.15) is 6.04 Å². The normalized spacial score (nSPS) is 28.3. The molecule has 1 saturated carbocycles. The molecule has 3 fully saturated rings. The van der Waals surface area contributed by atoms with Gasteiger partial charge < -0.3 is 10.6 Å². The fourth-order valence-corrected chi connectivity index (χ4v) is 6.46. The summed E-state index contributed by atoms with van der Waals surface area (Å²) in [7, 11) is 0. The van der Waals surface area contributed by atoms with Crippen LogP contribution in [0.15, 0.2) is 18.2 Å². The van der Waals surface area contributed by atoms with Crippen molar-refractivity contribution in [2.75, 3.05) is 19.6 Å². The minimum absolute atomic E-state index is 0.0763. The van der Waals surface area contributed by atoms with Crippen LogP contribution in [0.4, 0.5) is 0 Å². The van der Waals surface area contributed by atoms with Crippen molar-refractivity contribution >= 4 is 17.7 Å². The highest BCUT2D eigenvalue weighted by Gasteiger charge is 2.44. The van der Waals surface area contributed by atoms with Crippen LogP contribution in [0.2, 0.25) is 0 Å². The molecule has 1 aromatic rings. The number of hydrogen-bond donors (Lipinski definition) is 2. The molecule has 1 aliphatic carbocycles. The van der Waals surface area contributed by atoms with Crippen molar-refractivity contribution in [3.8, 4) is 0 Å². The Labute approximate surface area is 183 Å². The molecule has 1 spiro atoms. The van der Waals surface area contributed by atoms with Crippen molar-refractivity contribution in [2.24, 2.45) is 17.1 Å². The van der Waals surface area contributed by atoms with Gasteiger partial charge in [-0.05, 0) is 74.2 Å². The molecule has 5 rings (SSSR count). The van der Waals surface area contributed by atoms with Crippen LogP contribution < -0.4 is 11.1 Å². The SMILES string of the molecule is NCC1CCCC12CCN(Cc1cccc3c1C(=O)N(C1CCC(=O)NC1=O)C3)CC2. The Hall–Kier alpha value is -2.25. The number of rotatable bonds is 4. The number of imide groups is 1. The van der Waals surface area contributed by atoms with Gasteiger partial charge in [0.05, 0.1) is 0 Å². The van der Waals surface area contributed by atoms with E-state index in [0.717, 1.165) is 42.9 Å². The highest BCUT2D eigenvalue weighted by molar-refractivity contribution is 6.05. The van der Waals surface area contributed by atoms with E-state index in [4.69, 9.17) is 5.73 Å². The molecule has 3 N–H and O–H groups in total. The average molecular weight is 425 g/mol. The zero-order valence-electron chi connectivity index (χ0n) is 18.1. The molecule has 166 valence electrons. The van der Waals surface area contributed by atoms with E-state index in [-0.39, 0.29) is 24.1 Å². The minimum atomic E-state index is -0.559. The monoisotopic (exact) mass is 424 g/mol. The van der Waals surface area contributed by atoms with Crippen LogP contribution in [0.3, 0.4) is 0 Å². The number of carbonyl (C=O) groups excluding carboxylic acids is 3. The Bertz CT molecular complexity index is 906. The number of hydrogen-bond acceptors (Lipinski definition) is 5. The van der Waals surface area contributed by atoms with Crippen molar-refractivity contribution in [3.63, 3.8) is 0 Å². The fourth-order valence-electron chi connectivity index (χ4n) is 6.46. The highest BCUT2D eigenvalue weighted by Crippen LogP contribution is 2.50. The van der Waals surface area contributed by atoms with E-state index in [0.29, 0.717) is 24.3 Å². The van der Waals surface area contributed by atoms with E-state index >= 15 is 0 Å². The van der Waals surface area contributed by atoms with Gasteiger partial charge in [0.25, 0.3) is 5.91 Å². The summed E-state index contributed by atoms with van der Waals surface area (Å²) >= 11 is 0. The summed E-state index contributed by atoms with van der Waals surface area (Å²) in [5.74, 6) is -0.0220. The largest absolute Gasteiger partial charge is 0.330 e. The molecule has 0 radical (unpaired) electrons. The third kappa shape index (κ3) is 3.57. The molecule has 0 aromatic heterocycles. The van der Waals surface area contributed by atoms with Gasteiger partial charge in [-0.15, -0.1) is 0 Å². The van der Waals surface area contributed by atoms with Crippen molar-refractivity contribution in [1.29, 1.82) is 0 Å². The average Bonchev–Trinajstić information content (AvgIpc) is 3.31. The molecular weight excluding hydrogens is 392 g/mol. The zero-order valence-corrected chi connectivity index (χ0v) is 18.1. The number of piperidine rings is 2. The summed E-state index contributed by atoms with van der Waals surface area (Å²) in [5, 5.41) is 2.38. The van der Waals surface area contributed by atoms with Gasteiger partial charge in [0.2, 0.25) is 11.8 Å². The topological polar surface area (TPSA) is 95.7 Å². The van der Waals surface area contributed by atoms with Crippen LogP contribution in [0.25, 0.3) is 0 Å². The number of nitrogens with zero attached hydrogens (tertiary/aromatic N) is 2. The number of nitrogens with one attached hydrogen (secondary N) is 1. The number of fused-ring (bicyclic) bond motifs is 1. The number of likely N-dealkylation sites (tertiary alicyclic amines) is 1. The molecule has 2 unspecified atom stereocenters. The Morgan fingerprint density at radius 3 is 2.65 bits per heavy atom. The van der Waals surface area contributed by atoms with Crippen molar-refractivity contribution < 1.29 is 14.4 Å². The Balaban J connectivity index is 1.29. The van der Waals surface area contributed by atoms with Crippen LogP contribution >= 0.6 is 0 Å². The molecule has 1 aromatic carbocycles. The van der Waals surface area contributed by atoms with Crippen LogP contribution in [0.1, 0.15) is 66.4 Å². The first-order valence-electron chi connectivity index (χ1n) is 11.7. The smallest absolute Gasteiger partial charge is 0.255 e. The predicted octanol–water partition coefficient (Wildman–Crippen LogP) is 1.79. The van der Waals surface area contributed by atoms with Crippen molar-refractivity contribution in [3.05, 3.63) is 34.9 Å². The molecule has 3 amide bonds. The summed E-state index contributed by atoms with van der Waals surface area (Å²) in [6, 6.07) is 5.49. The van der Waals surface area contributed by atoms with E-state index in [1.165, 1.54) is 32.1 Å². The maximum Gasteiger partial charge on any atom is 0.255 e. The van der Waals surface area contributed by atoms with Crippen LogP contribution in [-0.4, -0.2) is 53.2 Å². The van der Waals surface area contributed by atoms with Gasteiger partial charge in [-0.1, -0.05) is 24.6 Å². The lowest BCUT2D eigenvalue weighted by atomic mass is 9.70. The Kier molecular flexibility index (Phi) is 5.34. The fraction of sp³-hybridized carbons (Fsp3) is 0.625. The predicted molar refractivity (Wildman–Crippen MR) is 116 cm³/mol. The first kappa shape index (κ1) is 20.6. The maximum atomic E-state index is 13.3. The van der Waals surface area contributed by atoms with Gasteiger partial charge in [0, 0.05) is 25.1 Å². The van der Waals surface area contributed by atoms with Gasteiger partial charge in [-0.2, -0.15) is 0 Å². The maximum absolute atomic E-state index is 13.3. The van der Waals surface area contributed by atoms with E-state index < -0.39 is 6.04 Å². The Morgan fingerprint density at radius 2 is 1.90 bits per heavy atom. The zero-order chi connectivity index (χ0) is 21.6. The van der Waals surface area contributed by atoms with E-state index in [9.17, 15) is 14.4 Å². The lowest BCUT2D eigenvalue weighted by Gasteiger charge is -2.43. The second kappa shape index (κ2) is 8.02. The third-order valence-electron chi connectivity index (χ3n) is 8.26. The molecule has 4 aliphatic rings. The van der Waals surface area contributed by atoms with E-state index in [2.05, 4.69) is 10.2 Å². The minimum Gasteiger partial charge on any atom is -0.330 e. The summed E-state index contributed by atoms with van der Waals surface area (Å²) in [4.78, 5) is 41.2. The molecule has 3 aliphatic heterocycles. The molecule has 7 heteroatoms. The van der Waals surface area contributed by atoms with Gasteiger partial charge in [0.15, 0.2) is 0 Å². The molecular formula is C24H32N4O3. The van der Waals surface area contributed by atoms with Gasteiger partial charge >= 0.3 is 0 Å². The van der Waals surface area contributed by atoms with E-state index in [1.807, 2.05) is 18.2 Å². The molecule has 2 atom stereocenters. The van der Waals surface area contributed by atoms with Crippen LogP contribution in [-0.2, 0) is 22.7 Å². The lowest BCUT2D eigenvalue weighted by molar-refractivity contribution is -0.136. The van der Waals surface area contributed by atoms with E-state index in [1.54, 1.807) is 4.90 Å². The van der Waals surface area contributed by atoms with Gasteiger partial charge in [-0.3, -0.25) is 24.6 Å². The molecule has 0 bridgehead atoms. The summed E-state index contributed by atoms with van der Waals surface area (Å²) in [5.41, 5.74) is 9.29. The summed E-state index contributed by atoms with van der Waals surface area (Å²) in [6.45, 7) is 4.10. The lowest BCUT2D eigenvalue weighted by Crippen LogP contribution is -2.52. The first-order valence-corrected chi connectivity index (χ1v) is 11.7. The quantitative estimate of drug-likeness (QED) is 0.719. The second-order valence-corrected chi connectivity index (χ2v) is 9.81. The molecule has 31 heavy (non-hydrogen) atoms. The van der Waals surface area contributed by atoms with Crippen molar-refractivity contribution in [1.82, 2.24) is 15.1 Å². The van der Waals surface area contributed by atoms with Crippen LogP contribution in [0, 0.1) is 11.3 Å². The highest BCUT2D eigenvalue weighted by atomic mass is 16.2. The number of benzene rings is 1. The number of carbonyl (C=O) groups is 3. The van der Waals surface area contributed by atoms with Gasteiger partial charge in [-0.25, -0.2) is 0 Å². The first-order chi connectivity index (χ1) is 15.0. The second-order valence-electron chi connectivity index (χ2n) is 9.81. The molecule has 7 nitrogen and oxygen atoms in total. The number of amides is 3. The standard InChI is InChI=1S/C24H32N4O3/c25-13-18-5-2-8-24(18)9-11-27(12-10-24)14-16-3-1-4-17-15-28(23(31)21(16)17)19-6-7-20(29)26-22(19)30/h1,3-4,18-19H,2,5-15,25H2,(H,26,29,30). The molecule has 3 heterocycles. The van der Waals surface area contributed by atoms with Crippen LogP contribution in [0.5, 0.6) is 0 Å². The summed E-state index contributed by atoms with van der Waals surface area (Å²) in [6.07, 6.45) is 6.95. The Morgan fingerprint density at radius 1 is 1.10 bits per heavy atom. The summed E-state index contributed by atoms with van der Waals surface area (Å²) < 4.78 is 0. The number of nitrogens with two attached hydrogens (primary N) is 1. The molecule has 2 saturated heterocycles.